The molecular weight excluding hydrogens is 404 g/mol. The van der Waals surface area contributed by atoms with Crippen molar-refractivity contribution in [1.29, 1.82) is 0 Å². The lowest BCUT2D eigenvalue weighted by Gasteiger charge is -2.22. The third kappa shape index (κ3) is 6.66. The van der Waals surface area contributed by atoms with Crippen molar-refractivity contribution in [3.05, 3.63) is 54.1 Å². The van der Waals surface area contributed by atoms with Gasteiger partial charge in [0.05, 0.1) is 18.0 Å². The number of sulfonamides is 1. The Labute approximate surface area is 179 Å². The van der Waals surface area contributed by atoms with Crippen LogP contribution in [-0.2, 0) is 14.8 Å². The molecule has 2 atom stereocenters. The summed E-state index contributed by atoms with van der Waals surface area (Å²) >= 11 is 0. The molecule has 0 saturated carbocycles. The van der Waals surface area contributed by atoms with E-state index in [2.05, 4.69) is 5.32 Å². The van der Waals surface area contributed by atoms with Gasteiger partial charge in [0.2, 0.25) is 10.0 Å². The van der Waals surface area contributed by atoms with E-state index in [0.29, 0.717) is 24.5 Å². The molecule has 0 fully saturated rings. The van der Waals surface area contributed by atoms with Gasteiger partial charge in [0, 0.05) is 7.05 Å². The summed E-state index contributed by atoms with van der Waals surface area (Å²) in [6.45, 7) is 6.06. The van der Waals surface area contributed by atoms with E-state index in [1.54, 1.807) is 24.3 Å². The van der Waals surface area contributed by atoms with Crippen LogP contribution in [-0.4, -0.2) is 46.4 Å². The van der Waals surface area contributed by atoms with Crippen LogP contribution in [0.15, 0.2) is 48.5 Å². The second kappa shape index (κ2) is 10.3. The van der Waals surface area contributed by atoms with Gasteiger partial charge < -0.3 is 14.8 Å². The van der Waals surface area contributed by atoms with Crippen LogP contribution < -0.4 is 19.1 Å². The van der Waals surface area contributed by atoms with Gasteiger partial charge in [0.25, 0.3) is 5.91 Å². The predicted molar refractivity (Wildman–Crippen MR) is 119 cm³/mol. The molecule has 8 heteroatoms. The number of rotatable bonds is 10. The first-order chi connectivity index (χ1) is 14.1. The van der Waals surface area contributed by atoms with Gasteiger partial charge in [-0.05, 0) is 56.2 Å². The zero-order valence-electron chi connectivity index (χ0n) is 18.1. The highest BCUT2D eigenvalue weighted by Crippen LogP contribution is 2.21. The van der Waals surface area contributed by atoms with Crippen LogP contribution in [0.3, 0.4) is 0 Å². The number of hydrogen-bond acceptors (Lipinski definition) is 5. The van der Waals surface area contributed by atoms with E-state index in [4.69, 9.17) is 9.47 Å². The van der Waals surface area contributed by atoms with Crippen LogP contribution >= 0.6 is 0 Å². The van der Waals surface area contributed by atoms with E-state index in [1.165, 1.54) is 11.4 Å². The van der Waals surface area contributed by atoms with Crippen molar-refractivity contribution >= 4 is 21.6 Å². The highest BCUT2D eigenvalue weighted by molar-refractivity contribution is 7.92. The van der Waals surface area contributed by atoms with E-state index in [-0.39, 0.29) is 11.9 Å². The molecule has 7 nitrogen and oxygen atoms in total. The number of para-hydroxylation sites is 1. The molecule has 164 valence electrons. The summed E-state index contributed by atoms with van der Waals surface area (Å²) in [6, 6.07) is 14.1. The van der Waals surface area contributed by atoms with Gasteiger partial charge in [-0.15, -0.1) is 0 Å². The van der Waals surface area contributed by atoms with Crippen molar-refractivity contribution in [2.24, 2.45) is 0 Å². The molecule has 0 aromatic heterocycles. The fourth-order valence-electron chi connectivity index (χ4n) is 2.72. The zero-order chi connectivity index (χ0) is 22.3. The topological polar surface area (TPSA) is 84.9 Å². The molecule has 0 aliphatic rings. The van der Waals surface area contributed by atoms with Crippen molar-refractivity contribution in [2.75, 3.05) is 24.2 Å². The molecule has 0 aliphatic heterocycles. The molecule has 1 amide bonds. The van der Waals surface area contributed by atoms with Crippen molar-refractivity contribution in [1.82, 2.24) is 5.32 Å². The van der Waals surface area contributed by atoms with Crippen molar-refractivity contribution < 1.29 is 22.7 Å². The fourth-order valence-corrected chi connectivity index (χ4v) is 3.23. The van der Waals surface area contributed by atoms with Gasteiger partial charge in [0.1, 0.15) is 18.1 Å². The molecule has 0 unspecified atom stereocenters. The highest BCUT2D eigenvalue weighted by Gasteiger charge is 2.21. The van der Waals surface area contributed by atoms with E-state index < -0.39 is 16.1 Å². The van der Waals surface area contributed by atoms with Gasteiger partial charge in [-0.3, -0.25) is 9.10 Å². The Hall–Kier alpha value is -2.74. The van der Waals surface area contributed by atoms with Crippen LogP contribution in [0, 0.1) is 6.92 Å². The van der Waals surface area contributed by atoms with Crippen LogP contribution in [0.5, 0.6) is 11.5 Å². The zero-order valence-corrected chi connectivity index (χ0v) is 18.9. The maximum atomic E-state index is 12.6. The lowest BCUT2D eigenvalue weighted by Crippen LogP contribution is -2.44. The molecule has 1 N–H and O–H groups in total. The van der Waals surface area contributed by atoms with E-state index in [1.807, 2.05) is 45.0 Å². The van der Waals surface area contributed by atoms with Gasteiger partial charge >= 0.3 is 0 Å². The minimum absolute atomic E-state index is 0.194. The van der Waals surface area contributed by atoms with Gasteiger partial charge in [-0.2, -0.15) is 0 Å². The third-order valence-corrected chi connectivity index (χ3v) is 5.82. The Morgan fingerprint density at radius 1 is 1.13 bits per heavy atom. The number of nitrogens with zero attached hydrogens (tertiary/aromatic N) is 1. The first kappa shape index (κ1) is 23.5. The summed E-state index contributed by atoms with van der Waals surface area (Å²) in [5, 5.41) is 2.91. The second-order valence-corrected chi connectivity index (χ2v) is 9.24. The molecule has 2 aromatic rings. The standard InChI is InChI=1S/C22H30N2O5S/c1-6-20(29-19-13-11-18(12-14-19)24(4)30(5,26)27)22(25)23-17(3)15-28-21-10-8-7-9-16(21)2/h7-14,17,20H,6,15H2,1-5H3,(H,23,25)/t17-,20+/m0/s1. The first-order valence-corrected chi connectivity index (χ1v) is 11.7. The smallest absolute Gasteiger partial charge is 0.261 e. The number of anilines is 1. The predicted octanol–water partition coefficient (Wildman–Crippen LogP) is 3.13. The third-order valence-electron chi connectivity index (χ3n) is 4.61. The highest BCUT2D eigenvalue weighted by atomic mass is 32.2. The molecule has 30 heavy (non-hydrogen) atoms. The molecule has 0 heterocycles. The number of carbonyl (C=O) groups is 1. The number of benzene rings is 2. The summed E-state index contributed by atoms with van der Waals surface area (Å²) in [7, 11) is -1.86. The van der Waals surface area contributed by atoms with E-state index in [9.17, 15) is 13.2 Å². The van der Waals surface area contributed by atoms with Crippen LogP contribution in [0.1, 0.15) is 25.8 Å². The normalized spacial score (nSPS) is 13.2. The van der Waals surface area contributed by atoms with Gasteiger partial charge in [-0.25, -0.2) is 8.42 Å². The number of aryl methyl sites for hydroxylation is 1. The van der Waals surface area contributed by atoms with Gasteiger partial charge in [-0.1, -0.05) is 25.1 Å². The summed E-state index contributed by atoms with van der Waals surface area (Å²) < 4.78 is 36.0. The Balaban J connectivity index is 1.92. The average molecular weight is 435 g/mol. The molecule has 0 bridgehead atoms. The number of amides is 1. The Bertz CT molecular complexity index is 944. The van der Waals surface area contributed by atoms with Crippen molar-refractivity contribution in [3.63, 3.8) is 0 Å². The quantitative estimate of drug-likeness (QED) is 0.621. The molecule has 0 radical (unpaired) electrons. The van der Waals surface area contributed by atoms with Crippen LogP contribution in [0.2, 0.25) is 0 Å². The van der Waals surface area contributed by atoms with Crippen molar-refractivity contribution in [3.8, 4) is 11.5 Å². The lowest BCUT2D eigenvalue weighted by atomic mass is 10.2. The van der Waals surface area contributed by atoms with Crippen LogP contribution in [0.25, 0.3) is 0 Å². The molecule has 2 aromatic carbocycles. The molecule has 2 rings (SSSR count). The number of hydrogen-bond donors (Lipinski definition) is 1. The molecular formula is C22H30N2O5S. The Kier molecular flexibility index (Phi) is 8.11. The maximum absolute atomic E-state index is 12.6. The minimum atomic E-state index is -3.34. The van der Waals surface area contributed by atoms with E-state index in [0.717, 1.165) is 17.6 Å². The van der Waals surface area contributed by atoms with Crippen LogP contribution in [0.4, 0.5) is 5.69 Å². The second-order valence-electron chi connectivity index (χ2n) is 7.23. The molecule has 0 spiro atoms. The largest absolute Gasteiger partial charge is 0.491 e. The lowest BCUT2D eigenvalue weighted by molar-refractivity contribution is -0.128. The summed E-state index contributed by atoms with van der Waals surface area (Å²) in [4.78, 5) is 12.6. The first-order valence-electron chi connectivity index (χ1n) is 9.81. The minimum Gasteiger partial charge on any atom is -0.491 e. The van der Waals surface area contributed by atoms with E-state index >= 15 is 0 Å². The summed E-state index contributed by atoms with van der Waals surface area (Å²) in [6.07, 6.45) is 0.963. The maximum Gasteiger partial charge on any atom is 0.261 e. The summed E-state index contributed by atoms with van der Waals surface area (Å²) in [5.41, 5.74) is 1.56. The summed E-state index contributed by atoms with van der Waals surface area (Å²) in [5.74, 6) is 1.06. The Morgan fingerprint density at radius 2 is 1.77 bits per heavy atom. The SMILES string of the molecule is CC[C@@H](Oc1ccc(N(C)S(C)(=O)=O)cc1)C(=O)N[C@@H](C)COc1ccccc1C. The molecule has 0 saturated heterocycles. The fraction of sp³-hybridized carbons (Fsp3) is 0.409. The average Bonchev–Trinajstić information content (AvgIpc) is 2.70. The number of ether oxygens (including phenoxy) is 2. The number of nitrogens with one attached hydrogen (secondary N) is 1. The van der Waals surface area contributed by atoms with Crippen molar-refractivity contribution in [2.45, 2.75) is 39.3 Å². The Morgan fingerprint density at radius 3 is 2.33 bits per heavy atom. The monoisotopic (exact) mass is 434 g/mol. The molecule has 0 aliphatic carbocycles. The number of carbonyl (C=O) groups excluding carboxylic acids is 1. The van der Waals surface area contributed by atoms with Gasteiger partial charge in [0.15, 0.2) is 6.10 Å².